The van der Waals surface area contributed by atoms with Crippen molar-refractivity contribution in [1.82, 2.24) is 9.88 Å². The summed E-state index contributed by atoms with van der Waals surface area (Å²) in [6.45, 7) is 4.01. The average molecular weight is 477 g/mol. The van der Waals surface area contributed by atoms with Crippen molar-refractivity contribution in [3.05, 3.63) is 87.3 Å². The van der Waals surface area contributed by atoms with Crippen molar-refractivity contribution in [2.45, 2.75) is 38.0 Å². The lowest BCUT2D eigenvalue weighted by molar-refractivity contribution is -0.137. The average Bonchev–Trinajstić information content (AvgIpc) is 2.77. The molecule has 174 valence electrons. The minimum atomic E-state index is -4.55. The van der Waals surface area contributed by atoms with Gasteiger partial charge >= 0.3 is 6.18 Å². The number of rotatable bonds is 6. The third-order valence-corrected chi connectivity index (χ3v) is 6.26. The second-order valence-electron chi connectivity index (χ2n) is 7.48. The summed E-state index contributed by atoms with van der Waals surface area (Å²) in [5, 5.41) is 2.68. The van der Waals surface area contributed by atoms with Gasteiger partial charge in [-0.25, -0.2) is 0 Å². The quantitative estimate of drug-likeness (QED) is 0.569. The molecule has 9 heteroatoms. The van der Waals surface area contributed by atoms with Crippen LogP contribution in [0.5, 0.6) is 0 Å². The van der Waals surface area contributed by atoms with E-state index in [1.54, 1.807) is 42.0 Å². The molecule has 0 aliphatic carbocycles. The van der Waals surface area contributed by atoms with Crippen molar-refractivity contribution in [2.24, 2.45) is 0 Å². The Morgan fingerprint density at radius 3 is 2.36 bits per heavy atom. The van der Waals surface area contributed by atoms with E-state index in [0.29, 0.717) is 17.1 Å². The maximum absolute atomic E-state index is 13.2. The summed E-state index contributed by atoms with van der Waals surface area (Å²) >= 11 is 0. The lowest BCUT2D eigenvalue weighted by Gasteiger charge is -2.17. The highest BCUT2D eigenvalue weighted by molar-refractivity contribution is 7.84. The maximum Gasteiger partial charge on any atom is 0.416 e. The number of carbonyl (C=O) groups excluding carboxylic acids is 1. The molecular formula is C24H23F3N2O3S. The van der Waals surface area contributed by atoms with E-state index in [1.807, 2.05) is 6.92 Å². The van der Waals surface area contributed by atoms with E-state index >= 15 is 0 Å². The number of amides is 1. The Kier molecular flexibility index (Phi) is 7.22. The van der Waals surface area contributed by atoms with Crippen LogP contribution in [0.3, 0.4) is 0 Å². The van der Waals surface area contributed by atoms with E-state index < -0.39 is 33.9 Å². The molecule has 1 amide bonds. The first-order valence-corrected chi connectivity index (χ1v) is 11.7. The number of hydrogen-bond acceptors (Lipinski definition) is 3. The molecule has 0 aliphatic heterocycles. The Bertz CT molecular complexity index is 1270. The Labute approximate surface area is 191 Å². The molecule has 0 spiro atoms. The van der Waals surface area contributed by atoms with E-state index in [9.17, 15) is 27.0 Å². The molecule has 0 saturated carbocycles. The lowest BCUT2D eigenvalue weighted by Crippen LogP contribution is -2.31. The van der Waals surface area contributed by atoms with Gasteiger partial charge in [-0.1, -0.05) is 24.3 Å². The highest BCUT2D eigenvalue weighted by Gasteiger charge is 2.31. The summed E-state index contributed by atoms with van der Waals surface area (Å²) in [4.78, 5) is 26.7. The van der Waals surface area contributed by atoms with Gasteiger partial charge in [-0.15, -0.1) is 0 Å². The summed E-state index contributed by atoms with van der Waals surface area (Å²) in [5.41, 5.74) is -0.266. The fraction of sp³-hybridized carbons (Fsp3) is 0.250. The van der Waals surface area contributed by atoms with Gasteiger partial charge in [0.15, 0.2) is 0 Å². The van der Waals surface area contributed by atoms with Gasteiger partial charge in [-0.05, 0) is 49.2 Å². The zero-order chi connectivity index (χ0) is 24.3. The minimum Gasteiger partial charge on any atom is -0.350 e. The topological polar surface area (TPSA) is 68.2 Å². The Morgan fingerprint density at radius 1 is 1.12 bits per heavy atom. The Balaban J connectivity index is 1.97. The van der Waals surface area contributed by atoms with Crippen LogP contribution < -0.4 is 10.7 Å². The van der Waals surface area contributed by atoms with Gasteiger partial charge in [-0.2, -0.15) is 13.2 Å². The first-order valence-electron chi connectivity index (χ1n) is 10.1. The van der Waals surface area contributed by atoms with Crippen molar-refractivity contribution < 1.29 is 22.2 Å². The molecular weight excluding hydrogens is 453 g/mol. The van der Waals surface area contributed by atoms with Gasteiger partial charge in [0.05, 0.1) is 5.56 Å². The number of aromatic nitrogens is 1. The van der Waals surface area contributed by atoms with E-state index in [-0.39, 0.29) is 23.2 Å². The molecule has 0 bridgehead atoms. The van der Waals surface area contributed by atoms with Gasteiger partial charge in [0.2, 0.25) is 5.43 Å². The molecule has 1 heterocycles. The first kappa shape index (κ1) is 24.4. The van der Waals surface area contributed by atoms with E-state index in [0.717, 1.165) is 17.7 Å². The number of nitrogens with zero attached hydrogens (tertiary/aromatic N) is 1. The van der Waals surface area contributed by atoms with Crippen molar-refractivity contribution in [3.63, 3.8) is 0 Å². The second kappa shape index (κ2) is 9.74. The molecule has 0 fully saturated rings. The fourth-order valence-electron chi connectivity index (χ4n) is 3.51. The number of alkyl halides is 3. The summed E-state index contributed by atoms with van der Waals surface area (Å²) in [5.74, 6) is -0.626. The summed E-state index contributed by atoms with van der Waals surface area (Å²) in [6.07, 6.45) is -1.56. The van der Waals surface area contributed by atoms with Crippen molar-refractivity contribution in [3.8, 4) is 11.1 Å². The number of pyridine rings is 1. The number of nitrogens with one attached hydrogen (secondary N) is 1. The number of hydrogen-bond donors (Lipinski definition) is 1. The molecule has 1 N–H and O–H groups in total. The molecule has 1 aromatic heterocycles. The molecule has 0 radical (unpaired) electrons. The first-order chi connectivity index (χ1) is 15.5. The van der Waals surface area contributed by atoms with Gasteiger partial charge in [-0.3, -0.25) is 13.8 Å². The highest BCUT2D eigenvalue weighted by Crippen LogP contribution is 2.32. The van der Waals surface area contributed by atoms with Crippen LogP contribution in [0.4, 0.5) is 13.2 Å². The standard InChI is InChI=1S/C24H23F3N2O3S/c1-4-29-14-20(23(31)28-13-16-8-10-19(11-9-16)33(3)32)22(30)21(15(29)2)17-6-5-7-18(12-17)24(25,26)27/h5-12,14H,4,13H2,1-3H3,(H,28,31). The van der Waals surface area contributed by atoms with Crippen LogP contribution in [-0.2, 0) is 30.1 Å². The fourth-order valence-corrected chi connectivity index (χ4v) is 4.03. The molecule has 5 nitrogen and oxygen atoms in total. The second-order valence-corrected chi connectivity index (χ2v) is 8.86. The third kappa shape index (κ3) is 5.42. The van der Waals surface area contributed by atoms with E-state index in [4.69, 9.17) is 0 Å². The van der Waals surface area contributed by atoms with Crippen LogP contribution in [0.1, 0.15) is 34.1 Å². The Morgan fingerprint density at radius 2 is 1.79 bits per heavy atom. The van der Waals surface area contributed by atoms with Crippen LogP contribution in [0.2, 0.25) is 0 Å². The highest BCUT2D eigenvalue weighted by atomic mass is 32.2. The summed E-state index contributed by atoms with van der Waals surface area (Å²) in [6, 6.07) is 11.4. The van der Waals surface area contributed by atoms with Crippen molar-refractivity contribution in [2.75, 3.05) is 6.26 Å². The Hall–Kier alpha value is -3.20. The summed E-state index contributed by atoms with van der Waals surface area (Å²) < 4.78 is 52.8. The monoisotopic (exact) mass is 476 g/mol. The maximum atomic E-state index is 13.2. The smallest absolute Gasteiger partial charge is 0.350 e. The summed E-state index contributed by atoms with van der Waals surface area (Å²) in [7, 11) is -1.12. The van der Waals surface area contributed by atoms with Crippen LogP contribution in [0.15, 0.2) is 64.4 Å². The third-order valence-electron chi connectivity index (χ3n) is 5.32. The number of aryl methyl sites for hydroxylation is 1. The van der Waals surface area contributed by atoms with Crippen LogP contribution >= 0.6 is 0 Å². The van der Waals surface area contributed by atoms with E-state index in [2.05, 4.69) is 5.32 Å². The minimum absolute atomic E-state index is 0.0605. The SMILES string of the molecule is CCn1cc(C(=O)NCc2ccc(S(C)=O)cc2)c(=O)c(-c2cccc(C(F)(F)F)c2)c1C. The predicted octanol–water partition coefficient (Wildman–Crippen LogP) is 4.53. The zero-order valence-electron chi connectivity index (χ0n) is 18.3. The van der Waals surface area contributed by atoms with Crippen molar-refractivity contribution >= 4 is 16.7 Å². The normalized spacial score (nSPS) is 12.4. The number of halogens is 3. The molecule has 0 aliphatic rings. The number of carbonyl (C=O) groups is 1. The van der Waals surface area contributed by atoms with Gasteiger partial charge < -0.3 is 9.88 Å². The molecule has 0 saturated heterocycles. The predicted molar refractivity (Wildman–Crippen MR) is 121 cm³/mol. The van der Waals surface area contributed by atoms with Gasteiger partial charge in [0, 0.05) is 52.5 Å². The van der Waals surface area contributed by atoms with Gasteiger partial charge in [0.1, 0.15) is 5.56 Å². The van der Waals surface area contributed by atoms with Crippen LogP contribution in [-0.4, -0.2) is 20.9 Å². The molecule has 3 rings (SSSR count). The van der Waals surface area contributed by atoms with Crippen LogP contribution in [0.25, 0.3) is 11.1 Å². The van der Waals surface area contributed by atoms with Crippen LogP contribution in [0, 0.1) is 6.92 Å². The molecule has 33 heavy (non-hydrogen) atoms. The number of benzene rings is 2. The zero-order valence-corrected chi connectivity index (χ0v) is 19.1. The molecule has 1 atom stereocenters. The largest absolute Gasteiger partial charge is 0.416 e. The van der Waals surface area contributed by atoms with E-state index in [1.165, 1.54) is 18.3 Å². The molecule has 1 unspecified atom stereocenters. The molecule has 2 aromatic carbocycles. The van der Waals surface area contributed by atoms with Gasteiger partial charge in [0.25, 0.3) is 5.91 Å². The lowest BCUT2D eigenvalue weighted by atomic mass is 9.99. The molecule has 3 aromatic rings. The van der Waals surface area contributed by atoms with Crippen molar-refractivity contribution in [1.29, 1.82) is 0 Å².